The number of carbonyl (C=O) groups is 1. The third-order valence-corrected chi connectivity index (χ3v) is 7.04. The number of fused-ring (bicyclic) bond motifs is 1. The van der Waals surface area contributed by atoms with E-state index >= 15 is 0 Å². The van der Waals surface area contributed by atoms with Crippen LogP contribution in [0.4, 0.5) is 10.7 Å². The van der Waals surface area contributed by atoms with Gasteiger partial charge in [-0.1, -0.05) is 18.2 Å². The zero-order valence-corrected chi connectivity index (χ0v) is 17.0. The van der Waals surface area contributed by atoms with E-state index in [0.717, 1.165) is 57.0 Å². The lowest BCUT2D eigenvalue weighted by molar-refractivity contribution is -0.900. The number of carbonyl (C=O) groups excluding carboxylic acids is 1. The van der Waals surface area contributed by atoms with Gasteiger partial charge in [0, 0.05) is 10.6 Å². The molecule has 2 N–H and O–H groups in total. The standard InChI is InChI=1S/C22H26N4OS/c23-16-19-18-8-4-5-9-20(18)28-22(19)24-21(27)10-11-25-12-14-26(15-13-25)17-6-2-1-3-7-17/h1-3,6-7H,4-5,8-15H2,(H,24,27)/p+1. The van der Waals surface area contributed by atoms with Crippen LogP contribution in [0, 0.1) is 11.3 Å². The number of benzene rings is 1. The minimum atomic E-state index is 0.0353. The third kappa shape index (κ3) is 4.21. The summed E-state index contributed by atoms with van der Waals surface area (Å²) >= 11 is 1.61. The Morgan fingerprint density at radius 3 is 2.68 bits per heavy atom. The average Bonchev–Trinajstić information content (AvgIpc) is 3.10. The van der Waals surface area contributed by atoms with E-state index < -0.39 is 0 Å². The fraction of sp³-hybridized carbons (Fsp3) is 0.455. The Kier molecular flexibility index (Phi) is 5.94. The van der Waals surface area contributed by atoms with Crippen molar-refractivity contribution in [2.75, 3.05) is 42.9 Å². The normalized spacial score (nSPS) is 17.0. The lowest BCUT2D eigenvalue weighted by atomic mass is 9.96. The van der Waals surface area contributed by atoms with E-state index in [1.54, 1.807) is 11.3 Å². The molecule has 5 nitrogen and oxygen atoms in total. The monoisotopic (exact) mass is 395 g/mol. The number of quaternary nitrogens is 1. The molecule has 0 radical (unpaired) electrons. The number of para-hydroxylation sites is 1. The smallest absolute Gasteiger partial charge is 0.230 e. The van der Waals surface area contributed by atoms with E-state index in [0.29, 0.717) is 12.0 Å². The van der Waals surface area contributed by atoms with Crippen molar-refractivity contribution in [3.8, 4) is 6.07 Å². The van der Waals surface area contributed by atoms with Crippen molar-refractivity contribution < 1.29 is 9.69 Å². The SMILES string of the molecule is N#Cc1c(NC(=O)CC[NH+]2CCN(c3ccccc3)CC2)sc2c1CCCC2. The van der Waals surface area contributed by atoms with Crippen LogP contribution < -0.4 is 15.1 Å². The first-order valence-corrected chi connectivity index (χ1v) is 11.0. The molecule has 1 aromatic heterocycles. The maximum atomic E-state index is 12.5. The van der Waals surface area contributed by atoms with E-state index in [9.17, 15) is 10.1 Å². The van der Waals surface area contributed by atoms with Gasteiger partial charge in [0.25, 0.3) is 0 Å². The highest BCUT2D eigenvalue weighted by atomic mass is 32.1. The van der Waals surface area contributed by atoms with Crippen LogP contribution in [0.2, 0.25) is 0 Å². The van der Waals surface area contributed by atoms with E-state index in [1.807, 2.05) is 6.07 Å². The van der Waals surface area contributed by atoms with Crippen molar-refractivity contribution in [1.82, 2.24) is 0 Å². The van der Waals surface area contributed by atoms with Gasteiger partial charge in [-0.25, -0.2) is 0 Å². The highest BCUT2D eigenvalue weighted by molar-refractivity contribution is 7.16. The number of hydrogen-bond acceptors (Lipinski definition) is 4. The molecule has 0 atom stereocenters. The van der Waals surface area contributed by atoms with Crippen molar-refractivity contribution in [2.24, 2.45) is 0 Å². The number of aryl methyl sites for hydroxylation is 1. The predicted octanol–water partition coefficient (Wildman–Crippen LogP) is 2.23. The Morgan fingerprint density at radius 1 is 1.18 bits per heavy atom. The Hall–Kier alpha value is -2.36. The Bertz CT molecular complexity index is 863. The first kappa shape index (κ1) is 19.0. The van der Waals surface area contributed by atoms with Crippen LogP contribution in [0.25, 0.3) is 0 Å². The van der Waals surface area contributed by atoms with Gasteiger partial charge < -0.3 is 15.1 Å². The van der Waals surface area contributed by atoms with E-state index in [2.05, 4.69) is 40.6 Å². The molecule has 1 saturated heterocycles. The van der Waals surface area contributed by atoms with Crippen LogP contribution in [0.1, 0.15) is 35.3 Å². The summed E-state index contributed by atoms with van der Waals surface area (Å²) in [6, 6.07) is 12.8. The van der Waals surface area contributed by atoms with Gasteiger partial charge in [-0.05, 0) is 43.4 Å². The molecule has 1 aromatic carbocycles. The molecule has 2 heterocycles. The molecule has 0 spiro atoms. The molecule has 0 bridgehead atoms. The number of rotatable bonds is 5. The molecule has 6 heteroatoms. The summed E-state index contributed by atoms with van der Waals surface area (Å²) in [6.45, 7) is 5.01. The van der Waals surface area contributed by atoms with Crippen molar-refractivity contribution in [1.29, 1.82) is 5.26 Å². The first-order valence-electron chi connectivity index (χ1n) is 10.2. The number of nitrogens with one attached hydrogen (secondary N) is 2. The maximum Gasteiger partial charge on any atom is 0.230 e. The zero-order valence-electron chi connectivity index (χ0n) is 16.2. The molecular formula is C22H27N4OS+. The molecule has 28 heavy (non-hydrogen) atoms. The van der Waals surface area contributed by atoms with Gasteiger partial charge in [-0.3, -0.25) is 4.79 Å². The van der Waals surface area contributed by atoms with Crippen molar-refractivity contribution >= 4 is 27.9 Å². The van der Waals surface area contributed by atoms with E-state index in [4.69, 9.17) is 0 Å². The van der Waals surface area contributed by atoms with Crippen LogP contribution >= 0.6 is 11.3 Å². The summed E-state index contributed by atoms with van der Waals surface area (Å²) in [4.78, 5) is 17.7. The second-order valence-electron chi connectivity index (χ2n) is 7.65. The molecule has 1 aliphatic heterocycles. The third-order valence-electron chi connectivity index (χ3n) is 5.83. The lowest BCUT2D eigenvalue weighted by Gasteiger charge is -2.33. The first-order chi connectivity index (χ1) is 13.7. The number of anilines is 2. The van der Waals surface area contributed by atoms with Crippen molar-refractivity contribution in [3.63, 3.8) is 0 Å². The van der Waals surface area contributed by atoms with Gasteiger partial charge in [0.05, 0.1) is 44.7 Å². The highest BCUT2D eigenvalue weighted by Crippen LogP contribution is 2.37. The zero-order chi connectivity index (χ0) is 19.3. The molecular weight excluding hydrogens is 368 g/mol. The summed E-state index contributed by atoms with van der Waals surface area (Å²) in [5, 5.41) is 13.3. The van der Waals surface area contributed by atoms with E-state index in [1.165, 1.54) is 27.4 Å². The summed E-state index contributed by atoms with van der Waals surface area (Å²) in [6.07, 6.45) is 4.85. The van der Waals surface area contributed by atoms with Crippen LogP contribution in [0.15, 0.2) is 30.3 Å². The number of piperazine rings is 1. The van der Waals surface area contributed by atoms with Crippen LogP contribution in [0.5, 0.6) is 0 Å². The summed E-state index contributed by atoms with van der Waals surface area (Å²) in [7, 11) is 0. The quantitative estimate of drug-likeness (QED) is 0.816. The molecule has 1 amide bonds. The predicted molar refractivity (Wildman–Crippen MR) is 113 cm³/mol. The molecule has 4 rings (SSSR count). The number of nitrogens with zero attached hydrogens (tertiary/aromatic N) is 2. The van der Waals surface area contributed by atoms with Gasteiger partial charge in [0.2, 0.25) is 5.91 Å². The summed E-state index contributed by atoms with van der Waals surface area (Å²) in [5.74, 6) is 0.0353. The van der Waals surface area contributed by atoms with E-state index in [-0.39, 0.29) is 5.91 Å². The molecule has 1 aliphatic carbocycles. The van der Waals surface area contributed by atoms with Crippen molar-refractivity contribution in [2.45, 2.75) is 32.1 Å². The van der Waals surface area contributed by atoms with Gasteiger partial charge in [-0.15, -0.1) is 11.3 Å². The highest BCUT2D eigenvalue weighted by Gasteiger charge is 2.23. The molecule has 2 aromatic rings. The largest absolute Gasteiger partial charge is 0.360 e. The van der Waals surface area contributed by atoms with Crippen LogP contribution in [-0.2, 0) is 17.6 Å². The van der Waals surface area contributed by atoms with Crippen LogP contribution in [0.3, 0.4) is 0 Å². The summed E-state index contributed by atoms with van der Waals surface area (Å²) in [5.41, 5.74) is 3.17. The molecule has 2 aliphatic rings. The van der Waals surface area contributed by atoms with Crippen LogP contribution in [-0.4, -0.2) is 38.6 Å². The number of amides is 1. The second-order valence-corrected chi connectivity index (χ2v) is 8.75. The fourth-order valence-electron chi connectivity index (χ4n) is 4.22. The van der Waals surface area contributed by atoms with Crippen molar-refractivity contribution in [3.05, 3.63) is 46.3 Å². The number of nitriles is 1. The van der Waals surface area contributed by atoms with Gasteiger partial charge in [-0.2, -0.15) is 5.26 Å². The average molecular weight is 396 g/mol. The Morgan fingerprint density at radius 2 is 1.93 bits per heavy atom. The summed E-state index contributed by atoms with van der Waals surface area (Å²) < 4.78 is 0. The second kappa shape index (κ2) is 8.76. The molecule has 0 saturated carbocycles. The van der Waals surface area contributed by atoms with Gasteiger partial charge in [0.15, 0.2) is 0 Å². The Balaban J connectivity index is 1.27. The maximum absolute atomic E-state index is 12.5. The Labute approximate surface area is 170 Å². The van der Waals surface area contributed by atoms with Gasteiger partial charge >= 0.3 is 0 Å². The molecule has 0 unspecified atom stereocenters. The number of hydrogen-bond donors (Lipinski definition) is 2. The van der Waals surface area contributed by atoms with Gasteiger partial charge in [0.1, 0.15) is 11.1 Å². The minimum Gasteiger partial charge on any atom is -0.360 e. The topological polar surface area (TPSA) is 60.6 Å². The number of thiophene rings is 1. The molecule has 1 fully saturated rings. The minimum absolute atomic E-state index is 0.0353. The molecule has 146 valence electrons. The lowest BCUT2D eigenvalue weighted by Crippen LogP contribution is -3.15. The fourth-order valence-corrected chi connectivity index (χ4v) is 5.48.